The van der Waals surface area contributed by atoms with Crippen LogP contribution in [0.15, 0.2) is 24.3 Å². The van der Waals surface area contributed by atoms with Crippen molar-refractivity contribution in [2.75, 3.05) is 19.6 Å². The summed E-state index contributed by atoms with van der Waals surface area (Å²) < 4.78 is 13.4. The van der Waals surface area contributed by atoms with E-state index in [1.165, 1.54) is 12.5 Å². The van der Waals surface area contributed by atoms with E-state index in [4.69, 9.17) is 0 Å². The minimum Gasteiger partial charge on any atom is -0.341 e. The van der Waals surface area contributed by atoms with E-state index in [2.05, 4.69) is 12.2 Å². The molecule has 2 aliphatic rings. The number of hydrogen-bond donors (Lipinski definition) is 1. The Morgan fingerprint density at radius 1 is 1.48 bits per heavy atom. The number of amides is 1. The third kappa shape index (κ3) is 3.26. The number of piperidine rings is 1. The van der Waals surface area contributed by atoms with Crippen molar-refractivity contribution < 1.29 is 9.18 Å². The number of benzene rings is 1. The average Bonchev–Trinajstić information content (AvgIpc) is 3.26. The highest BCUT2D eigenvalue weighted by Gasteiger charge is 2.44. The molecule has 0 bridgehead atoms. The lowest BCUT2D eigenvalue weighted by Gasteiger charge is -2.31. The Morgan fingerprint density at radius 2 is 2.29 bits per heavy atom. The van der Waals surface area contributed by atoms with Gasteiger partial charge in [-0.25, -0.2) is 4.39 Å². The molecule has 1 saturated heterocycles. The third-order valence-electron chi connectivity index (χ3n) is 4.71. The number of carbonyl (C=O) groups excluding carboxylic acids is 1. The Bertz CT molecular complexity index is 527. The summed E-state index contributed by atoms with van der Waals surface area (Å²) in [7, 11) is 0. The van der Waals surface area contributed by atoms with Gasteiger partial charge in [0.1, 0.15) is 5.82 Å². The standard InChI is InChI=1S/C17H23FN2O/c1-13-4-3-9-20(12-13)16(21)11-19-17(7-8-17)14-5-2-6-15(18)10-14/h2,5-6,10,13,19H,3-4,7-9,11-12H2,1H3. The first-order valence-electron chi connectivity index (χ1n) is 7.88. The van der Waals surface area contributed by atoms with Gasteiger partial charge in [0.05, 0.1) is 6.54 Å². The van der Waals surface area contributed by atoms with Gasteiger partial charge < -0.3 is 4.90 Å². The van der Waals surface area contributed by atoms with Crippen LogP contribution < -0.4 is 5.32 Å². The normalized spacial score (nSPS) is 23.9. The fourth-order valence-corrected chi connectivity index (χ4v) is 3.25. The Hall–Kier alpha value is -1.42. The fraction of sp³-hybridized carbons (Fsp3) is 0.588. The molecule has 0 aromatic heterocycles. The van der Waals surface area contributed by atoms with Gasteiger partial charge in [-0.3, -0.25) is 10.1 Å². The quantitative estimate of drug-likeness (QED) is 0.924. The summed E-state index contributed by atoms with van der Waals surface area (Å²) in [5.41, 5.74) is 0.779. The minimum atomic E-state index is -0.211. The molecule has 1 saturated carbocycles. The number of carbonyl (C=O) groups is 1. The maximum atomic E-state index is 13.4. The van der Waals surface area contributed by atoms with E-state index in [1.807, 2.05) is 11.0 Å². The van der Waals surface area contributed by atoms with E-state index in [1.54, 1.807) is 12.1 Å². The van der Waals surface area contributed by atoms with E-state index in [0.717, 1.165) is 37.9 Å². The van der Waals surface area contributed by atoms with Crippen LogP contribution in [-0.2, 0) is 10.3 Å². The lowest BCUT2D eigenvalue weighted by molar-refractivity contribution is -0.132. The Kier molecular flexibility index (Phi) is 3.98. The van der Waals surface area contributed by atoms with Crippen LogP contribution >= 0.6 is 0 Å². The van der Waals surface area contributed by atoms with E-state index in [9.17, 15) is 9.18 Å². The molecule has 1 aromatic carbocycles. The van der Waals surface area contributed by atoms with Crippen molar-refractivity contribution in [1.82, 2.24) is 10.2 Å². The Morgan fingerprint density at radius 3 is 2.95 bits per heavy atom. The van der Waals surface area contributed by atoms with E-state index >= 15 is 0 Å². The van der Waals surface area contributed by atoms with Crippen molar-refractivity contribution in [3.8, 4) is 0 Å². The van der Waals surface area contributed by atoms with Gasteiger partial charge >= 0.3 is 0 Å². The molecule has 1 heterocycles. The molecule has 1 aliphatic carbocycles. The molecule has 1 aromatic rings. The summed E-state index contributed by atoms with van der Waals surface area (Å²) in [4.78, 5) is 14.3. The molecule has 0 radical (unpaired) electrons. The second kappa shape index (κ2) is 5.76. The highest BCUT2D eigenvalue weighted by atomic mass is 19.1. The monoisotopic (exact) mass is 290 g/mol. The molecule has 114 valence electrons. The fourth-order valence-electron chi connectivity index (χ4n) is 3.25. The molecular formula is C17H23FN2O. The van der Waals surface area contributed by atoms with Crippen molar-refractivity contribution in [3.05, 3.63) is 35.6 Å². The molecule has 21 heavy (non-hydrogen) atoms. The number of nitrogens with one attached hydrogen (secondary N) is 1. The lowest BCUT2D eigenvalue weighted by Crippen LogP contribution is -2.45. The van der Waals surface area contributed by atoms with Gasteiger partial charge in [0.25, 0.3) is 0 Å². The van der Waals surface area contributed by atoms with Crippen LogP contribution in [-0.4, -0.2) is 30.4 Å². The lowest BCUT2D eigenvalue weighted by atomic mass is 10.0. The van der Waals surface area contributed by atoms with Crippen molar-refractivity contribution in [2.45, 2.75) is 38.1 Å². The summed E-state index contributed by atoms with van der Waals surface area (Å²) in [6.07, 6.45) is 4.26. The maximum absolute atomic E-state index is 13.4. The molecule has 4 heteroatoms. The van der Waals surface area contributed by atoms with E-state index in [-0.39, 0.29) is 17.3 Å². The summed E-state index contributed by atoms with van der Waals surface area (Å²) in [6, 6.07) is 6.71. The second-order valence-electron chi connectivity index (χ2n) is 6.53. The number of halogens is 1. The first-order chi connectivity index (χ1) is 10.1. The molecule has 2 fully saturated rings. The van der Waals surface area contributed by atoms with E-state index in [0.29, 0.717) is 12.5 Å². The van der Waals surface area contributed by atoms with Crippen LogP contribution in [0.5, 0.6) is 0 Å². The molecule has 1 amide bonds. The van der Waals surface area contributed by atoms with Crippen molar-refractivity contribution in [2.24, 2.45) is 5.92 Å². The van der Waals surface area contributed by atoms with Gasteiger partial charge in [0.15, 0.2) is 0 Å². The molecule has 1 atom stereocenters. The van der Waals surface area contributed by atoms with Gasteiger partial charge in [-0.15, -0.1) is 0 Å². The molecule has 0 spiro atoms. The zero-order valence-corrected chi connectivity index (χ0v) is 12.6. The number of nitrogens with zero attached hydrogens (tertiary/aromatic N) is 1. The highest BCUT2D eigenvalue weighted by Crippen LogP contribution is 2.45. The predicted molar refractivity (Wildman–Crippen MR) is 80.3 cm³/mol. The second-order valence-corrected chi connectivity index (χ2v) is 6.53. The minimum absolute atomic E-state index is 0.171. The zero-order valence-electron chi connectivity index (χ0n) is 12.6. The topological polar surface area (TPSA) is 32.3 Å². The maximum Gasteiger partial charge on any atom is 0.236 e. The molecule has 3 rings (SSSR count). The zero-order chi connectivity index (χ0) is 14.9. The summed E-state index contributed by atoms with van der Waals surface area (Å²) >= 11 is 0. The summed E-state index contributed by atoms with van der Waals surface area (Å²) in [5, 5.41) is 3.37. The molecule has 1 N–H and O–H groups in total. The van der Waals surface area contributed by atoms with Crippen LogP contribution in [0.4, 0.5) is 4.39 Å². The smallest absolute Gasteiger partial charge is 0.236 e. The number of likely N-dealkylation sites (tertiary alicyclic amines) is 1. The Balaban J connectivity index is 1.58. The SMILES string of the molecule is CC1CCCN(C(=O)CNC2(c3cccc(F)c3)CC2)C1. The van der Waals surface area contributed by atoms with Crippen LogP contribution in [0, 0.1) is 11.7 Å². The number of hydrogen-bond acceptors (Lipinski definition) is 2. The Labute approximate surface area is 125 Å². The van der Waals surface area contributed by atoms with Crippen LogP contribution in [0.25, 0.3) is 0 Å². The predicted octanol–water partition coefficient (Wildman–Crippen LogP) is 2.66. The van der Waals surface area contributed by atoms with E-state index < -0.39 is 0 Å². The van der Waals surface area contributed by atoms with Gasteiger partial charge in [-0.2, -0.15) is 0 Å². The van der Waals surface area contributed by atoms with Gasteiger partial charge in [-0.1, -0.05) is 19.1 Å². The summed E-state index contributed by atoms with van der Waals surface area (Å²) in [5.74, 6) is 0.557. The third-order valence-corrected chi connectivity index (χ3v) is 4.71. The van der Waals surface area contributed by atoms with Gasteiger partial charge in [0.2, 0.25) is 5.91 Å². The first-order valence-corrected chi connectivity index (χ1v) is 7.88. The van der Waals surface area contributed by atoms with Crippen molar-refractivity contribution >= 4 is 5.91 Å². The molecule has 1 unspecified atom stereocenters. The molecular weight excluding hydrogens is 267 g/mol. The van der Waals surface area contributed by atoms with Crippen LogP contribution in [0.1, 0.15) is 38.2 Å². The van der Waals surface area contributed by atoms with Crippen molar-refractivity contribution in [1.29, 1.82) is 0 Å². The van der Waals surface area contributed by atoms with Crippen LogP contribution in [0.3, 0.4) is 0 Å². The molecule has 1 aliphatic heterocycles. The molecule has 3 nitrogen and oxygen atoms in total. The largest absolute Gasteiger partial charge is 0.341 e. The van der Waals surface area contributed by atoms with Crippen molar-refractivity contribution in [3.63, 3.8) is 0 Å². The van der Waals surface area contributed by atoms with Gasteiger partial charge in [-0.05, 0) is 49.3 Å². The number of rotatable bonds is 4. The van der Waals surface area contributed by atoms with Gasteiger partial charge in [0, 0.05) is 18.6 Å². The van der Waals surface area contributed by atoms with Crippen LogP contribution in [0.2, 0.25) is 0 Å². The summed E-state index contributed by atoms with van der Waals surface area (Å²) in [6.45, 7) is 4.29. The average molecular weight is 290 g/mol. The highest BCUT2D eigenvalue weighted by molar-refractivity contribution is 5.78. The first kappa shape index (κ1) is 14.5.